The van der Waals surface area contributed by atoms with Crippen molar-refractivity contribution in [1.29, 1.82) is 0 Å². The molecule has 0 bridgehead atoms. The van der Waals surface area contributed by atoms with Crippen LogP contribution in [0.25, 0.3) is 0 Å². The Balaban J connectivity index is 3.55. The van der Waals surface area contributed by atoms with Gasteiger partial charge in [0.1, 0.15) is 0 Å². The van der Waals surface area contributed by atoms with Crippen LogP contribution in [0.5, 0.6) is 0 Å². The summed E-state index contributed by atoms with van der Waals surface area (Å²) in [6.07, 6.45) is 5.96. The first-order valence-corrected chi connectivity index (χ1v) is 7.87. The zero-order chi connectivity index (χ0) is 14.7. The Morgan fingerprint density at radius 3 is 2.42 bits per heavy atom. The molecular weight excluding hydrogens is 238 g/mol. The number of aliphatic hydroxyl groups excluding tert-OH is 1. The van der Waals surface area contributed by atoms with Crippen LogP contribution in [0.15, 0.2) is 0 Å². The van der Waals surface area contributed by atoms with E-state index >= 15 is 0 Å². The van der Waals surface area contributed by atoms with E-state index in [0.717, 1.165) is 38.6 Å². The first-order chi connectivity index (χ1) is 8.99. The first kappa shape index (κ1) is 18.4. The molecule has 0 rings (SSSR count). The molecule has 0 fully saturated rings. The van der Waals surface area contributed by atoms with Crippen molar-refractivity contribution in [1.82, 2.24) is 5.32 Å². The van der Waals surface area contributed by atoms with Gasteiger partial charge < -0.3 is 10.4 Å². The number of hydrogen-bond acceptors (Lipinski definition) is 2. The molecule has 1 amide bonds. The lowest BCUT2D eigenvalue weighted by Crippen LogP contribution is -2.26. The van der Waals surface area contributed by atoms with Crippen LogP contribution in [0.3, 0.4) is 0 Å². The van der Waals surface area contributed by atoms with Gasteiger partial charge in [-0.05, 0) is 37.0 Å². The minimum absolute atomic E-state index is 0.176. The second kappa shape index (κ2) is 11.3. The van der Waals surface area contributed by atoms with E-state index in [1.165, 1.54) is 0 Å². The fourth-order valence-corrected chi connectivity index (χ4v) is 2.27. The van der Waals surface area contributed by atoms with E-state index in [9.17, 15) is 9.90 Å². The number of aliphatic hydroxyl groups is 1. The predicted molar refractivity (Wildman–Crippen MR) is 81.0 cm³/mol. The summed E-state index contributed by atoms with van der Waals surface area (Å²) in [6, 6.07) is 0. The van der Waals surface area contributed by atoms with Crippen molar-refractivity contribution in [3.8, 4) is 0 Å². The summed E-state index contributed by atoms with van der Waals surface area (Å²) in [7, 11) is 0. The average Bonchev–Trinajstić information content (AvgIpc) is 2.36. The minimum atomic E-state index is 0.176. The van der Waals surface area contributed by atoms with E-state index in [2.05, 4.69) is 33.0 Å². The normalized spacial score (nSPS) is 14.4. The summed E-state index contributed by atoms with van der Waals surface area (Å²) in [5, 5.41) is 12.3. The van der Waals surface area contributed by atoms with Crippen molar-refractivity contribution >= 4 is 5.91 Å². The lowest BCUT2D eigenvalue weighted by atomic mass is 9.93. The summed E-state index contributed by atoms with van der Waals surface area (Å²) in [5.41, 5.74) is 0. The molecule has 2 unspecified atom stereocenters. The highest BCUT2D eigenvalue weighted by atomic mass is 16.3. The van der Waals surface area contributed by atoms with E-state index in [1.54, 1.807) is 0 Å². The smallest absolute Gasteiger partial charge is 0.220 e. The molecule has 0 aliphatic rings. The molecule has 3 heteroatoms. The molecule has 0 saturated carbocycles. The van der Waals surface area contributed by atoms with Crippen LogP contribution < -0.4 is 5.32 Å². The Morgan fingerprint density at radius 1 is 1.21 bits per heavy atom. The van der Waals surface area contributed by atoms with Gasteiger partial charge in [0.05, 0.1) is 0 Å². The van der Waals surface area contributed by atoms with Gasteiger partial charge in [-0.2, -0.15) is 0 Å². The molecule has 114 valence electrons. The van der Waals surface area contributed by atoms with Gasteiger partial charge in [-0.25, -0.2) is 0 Å². The van der Waals surface area contributed by atoms with Gasteiger partial charge in [0.15, 0.2) is 0 Å². The third-order valence-corrected chi connectivity index (χ3v) is 3.66. The molecule has 0 saturated heterocycles. The van der Waals surface area contributed by atoms with Crippen LogP contribution in [-0.4, -0.2) is 24.2 Å². The molecule has 0 aliphatic heterocycles. The van der Waals surface area contributed by atoms with E-state index < -0.39 is 0 Å². The van der Waals surface area contributed by atoms with Crippen LogP contribution in [0, 0.1) is 17.8 Å². The van der Waals surface area contributed by atoms with Gasteiger partial charge in [-0.15, -0.1) is 0 Å². The molecule has 2 N–H and O–H groups in total. The number of unbranched alkanes of at least 4 members (excludes halogenated alkanes) is 1. The van der Waals surface area contributed by atoms with Crippen molar-refractivity contribution in [2.45, 2.75) is 66.2 Å². The van der Waals surface area contributed by atoms with Crippen LogP contribution in [0.2, 0.25) is 0 Å². The molecule has 2 atom stereocenters. The Kier molecular flexibility index (Phi) is 10.9. The van der Waals surface area contributed by atoms with Crippen LogP contribution in [-0.2, 0) is 4.79 Å². The topological polar surface area (TPSA) is 49.3 Å². The fourth-order valence-electron chi connectivity index (χ4n) is 2.27. The van der Waals surface area contributed by atoms with Crippen molar-refractivity contribution in [3.05, 3.63) is 0 Å². The van der Waals surface area contributed by atoms with Crippen molar-refractivity contribution in [2.24, 2.45) is 17.8 Å². The molecule has 0 spiro atoms. The van der Waals surface area contributed by atoms with E-state index in [0.29, 0.717) is 30.8 Å². The summed E-state index contributed by atoms with van der Waals surface area (Å²) in [4.78, 5) is 11.6. The lowest BCUT2D eigenvalue weighted by Gasteiger charge is -2.16. The van der Waals surface area contributed by atoms with Gasteiger partial charge in [0, 0.05) is 19.6 Å². The number of nitrogens with one attached hydrogen (secondary N) is 1. The number of amides is 1. The van der Waals surface area contributed by atoms with E-state index in [4.69, 9.17) is 0 Å². The number of rotatable bonds is 11. The van der Waals surface area contributed by atoms with Crippen molar-refractivity contribution in [2.75, 3.05) is 13.2 Å². The highest BCUT2D eigenvalue weighted by molar-refractivity contribution is 5.76. The summed E-state index contributed by atoms with van der Waals surface area (Å²) in [6.45, 7) is 9.67. The van der Waals surface area contributed by atoms with Gasteiger partial charge >= 0.3 is 0 Å². The van der Waals surface area contributed by atoms with E-state index in [1.807, 2.05) is 0 Å². The van der Waals surface area contributed by atoms with Crippen LogP contribution in [0.4, 0.5) is 0 Å². The van der Waals surface area contributed by atoms with Crippen molar-refractivity contribution in [3.63, 3.8) is 0 Å². The standard InChI is InChI=1S/C16H33NO2/c1-5-14(4)11-16(19)17-9-7-6-8-15(12-18)10-13(2)3/h13-15,18H,5-12H2,1-4H3,(H,17,19). The van der Waals surface area contributed by atoms with Gasteiger partial charge in [0.25, 0.3) is 0 Å². The maximum Gasteiger partial charge on any atom is 0.220 e. The average molecular weight is 271 g/mol. The summed E-state index contributed by atoms with van der Waals surface area (Å²) >= 11 is 0. The van der Waals surface area contributed by atoms with E-state index in [-0.39, 0.29) is 5.91 Å². The Hall–Kier alpha value is -0.570. The van der Waals surface area contributed by atoms with Crippen molar-refractivity contribution < 1.29 is 9.90 Å². The minimum Gasteiger partial charge on any atom is -0.396 e. The highest BCUT2D eigenvalue weighted by Crippen LogP contribution is 2.17. The lowest BCUT2D eigenvalue weighted by molar-refractivity contribution is -0.121. The second-order valence-corrected chi connectivity index (χ2v) is 6.24. The Labute approximate surface area is 119 Å². The first-order valence-electron chi connectivity index (χ1n) is 7.87. The number of carbonyl (C=O) groups excluding carboxylic acids is 1. The zero-order valence-electron chi connectivity index (χ0n) is 13.2. The number of carbonyl (C=O) groups is 1. The molecule has 0 heterocycles. The van der Waals surface area contributed by atoms with Gasteiger partial charge in [-0.3, -0.25) is 4.79 Å². The summed E-state index contributed by atoms with van der Waals surface area (Å²) < 4.78 is 0. The molecule has 0 aromatic rings. The SMILES string of the molecule is CCC(C)CC(=O)NCCCCC(CO)CC(C)C. The predicted octanol–water partition coefficient (Wildman–Crippen LogP) is 3.36. The number of hydrogen-bond donors (Lipinski definition) is 2. The molecule has 0 aromatic carbocycles. The van der Waals surface area contributed by atoms with Crippen LogP contribution >= 0.6 is 0 Å². The molecule has 0 aromatic heterocycles. The Bertz CT molecular complexity index is 229. The summed E-state index contributed by atoms with van der Waals surface area (Å²) in [5.74, 6) is 1.73. The maximum atomic E-state index is 11.6. The third-order valence-electron chi connectivity index (χ3n) is 3.66. The molecule has 0 aliphatic carbocycles. The highest BCUT2D eigenvalue weighted by Gasteiger charge is 2.10. The maximum absolute atomic E-state index is 11.6. The van der Waals surface area contributed by atoms with Gasteiger partial charge in [0.2, 0.25) is 5.91 Å². The molecule has 19 heavy (non-hydrogen) atoms. The zero-order valence-corrected chi connectivity index (χ0v) is 13.2. The van der Waals surface area contributed by atoms with Gasteiger partial charge in [-0.1, -0.05) is 40.5 Å². The molecule has 3 nitrogen and oxygen atoms in total. The third kappa shape index (κ3) is 11.0. The monoisotopic (exact) mass is 271 g/mol. The Morgan fingerprint density at radius 2 is 1.89 bits per heavy atom. The van der Waals surface area contributed by atoms with Crippen LogP contribution in [0.1, 0.15) is 66.2 Å². The molecular formula is C16H33NO2. The quantitative estimate of drug-likeness (QED) is 0.566. The fraction of sp³-hybridized carbons (Fsp3) is 0.938. The molecule has 0 radical (unpaired) electrons. The largest absolute Gasteiger partial charge is 0.396 e. The second-order valence-electron chi connectivity index (χ2n) is 6.24.